The molecule has 2 unspecified atom stereocenters. The number of hydrogen-bond acceptors (Lipinski definition) is 1. The van der Waals surface area contributed by atoms with Gasteiger partial charge >= 0.3 is 0 Å². The monoisotopic (exact) mass is 210 g/mol. The smallest absolute Gasteiger partial charge is 0.123 e. The summed E-state index contributed by atoms with van der Waals surface area (Å²) in [5, 5.41) is 10.0. The average molecular weight is 210 g/mol. The van der Waals surface area contributed by atoms with E-state index in [1.165, 1.54) is 12.1 Å². The zero-order valence-electron chi connectivity index (χ0n) is 9.57. The van der Waals surface area contributed by atoms with Crippen LogP contribution in [0, 0.1) is 11.7 Å². The van der Waals surface area contributed by atoms with Crippen molar-refractivity contribution in [3.05, 3.63) is 35.6 Å². The van der Waals surface area contributed by atoms with Crippen LogP contribution >= 0.6 is 0 Å². The standard InChI is InChI=1S/C13H19FO/c1-4-12(13(15)9(2)3)10-5-7-11(14)8-6-10/h5-9,12-13,15H,4H2,1-3H3. The van der Waals surface area contributed by atoms with Gasteiger partial charge in [0, 0.05) is 5.92 Å². The molecule has 0 spiro atoms. The van der Waals surface area contributed by atoms with E-state index in [1.807, 2.05) is 20.8 Å². The first-order valence-corrected chi connectivity index (χ1v) is 5.49. The lowest BCUT2D eigenvalue weighted by Gasteiger charge is -2.25. The fourth-order valence-electron chi connectivity index (χ4n) is 1.85. The second kappa shape index (κ2) is 5.26. The van der Waals surface area contributed by atoms with Gasteiger partial charge in [-0.3, -0.25) is 0 Å². The Balaban J connectivity index is 2.87. The minimum absolute atomic E-state index is 0.102. The lowest BCUT2D eigenvalue weighted by atomic mass is 9.85. The molecule has 0 aliphatic carbocycles. The van der Waals surface area contributed by atoms with Crippen molar-refractivity contribution < 1.29 is 9.50 Å². The molecular formula is C13H19FO. The molecule has 0 radical (unpaired) electrons. The van der Waals surface area contributed by atoms with Gasteiger partial charge in [0.1, 0.15) is 5.82 Å². The summed E-state index contributed by atoms with van der Waals surface area (Å²) >= 11 is 0. The average Bonchev–Trinajstić information content (AvgIpc) is 2.21. The maximum Gasteiger partial charge on any atom is 0.123 e. The highest BCUT2D eigenvalue weighted by atomic mass is 19.1. The molecule has 0 saturated heterocycles. The van der Waals surface area contributed by atoms with Gasteiger partial charge in [-0.05, 0) is 30.0 Å². The molecule has 15 heavy (non-hydrogen) atoms. The van der Waals surface area contributed by atoms with Crippen molar-refractivity contribution in [2.24, 2.45) is 5.92 Å². The number of rotatable bonds is 4. The Labute approximate surface area is 90.9 Å². The number of hydrogen-bond donors (Lipinski definition) is 1. The van der Waals surface area contributed by atoms with E-state index in [1.54, 1.807) is 12.1 Å². The lowest BCUT2D eigenvalue weighted by Crippen LogP contribution is -2.23. The molecule has 2 atom stereocenters. The van der Waals surface area contributed by atoms with Gasteiger partial charge in [0.25, 0.3) is 0 Å². The summed E-state index contributed by atoms with van der Waals surface area (Å²) in [5.41, 5.74) is 1.01. The molecule has 84 valence electrons. The summed E-state index contributed by atoms with van der Waals surface area (Å²) in [4.78, 5) is 0. The van der Waals surface area contributed by atoms with Gasteiger partial charge in [-0.1, -0.05) is 32.9 Å². The fourth-order valence-corrected chi connectivity index (χ4v) is 1.85. The van der Waals surface area contributed by atoms with Gasteiger partial charge in [-0.25, -0.2) is 4.39 Å². The molecule has 1 aromatic rings. The van der Waals surface area contributed by atoms with Crippen molar-refractivity contribution in [1.82, 2.24) is 0 Å². The van der Waals surface area contributed by atoms with Crippen LogP contribution in [0.25, 0.3) is 0 Å². The van der Waals surface area contributed by atoms with E-state index in [9.17, 15) is 9.50 Å². The van der Waals surface area contributed by atoms with Gasteiger partial charge in [0.2, 0.25) is 0 Å². The molecule has 0 heterocycles. The van der Waals surface area contributed by atoms with Crippen molar-refractivity contribution >= 4 is 0 Å². The SMILES string of the molecule is CCC(c1ccc(F)cc1)C(O)C(C)C. The van der Waals surface area contributed by atoms with Gasteiger partial charge in [0.05, 0.1) is 6.10 Å². The molecule has 1 nitrogen and oxygen atoms in total. The molecule has 1 N–H and O–H groups in total. The molecule has 1 rings (SSSR count). The maximum absolute atomic E-state index is 12.8. The second-order valence-electron chi connectivity index (χ2n) is 4.30. The highest BCUT2D eigenvalue weighted by molar-refractivity contribution is 5.21. The predicted molar refractivity (Wildman–Crippen MR) is 60.3 cm³/mol. The minimum Gasteiger partial charge on any atom is -0.392 e. The highest BCUT2D eigenvalue weighted by Crippen LogP contribution is 2.27. The van der Waals surface area contributed by atoms with E-state index >= 15 is 0 Å². The summed E-state index contributed by atoms with van der Waals surface area (Å²) in [6.45, 7) is 6.04. The summed E-state index contributed by atoms with van der Waals surface area (Å²) < 4.78 is 12.8. The maximum atomic E-state index is 12.8. The van der Waals surface area contributed by atoms with Crippen molar-refractivity contribution in [2.45, 2.75) is 39.2 Å². The highest BCUT2D eigenvalue weighted by Gasteiger charge is 2.21. The molecule has 0 aliphatic heterocycles. The van der Waals surface area contributed by atoms with Gasteiger partial charge in [-0.15, -0.1) is 0 Å². The molecule has 0 bridgehead atoms. The molecule has 1 aromatic carbocycles. The minimum atomic E-state index is -0.361. The topological polar surface area (TPSA) is 20.2 Å². The van der Waals surface area contributed by atoms with Crippen LogP contribution in [-0.2, 0) is 0 Å². The summed E-state index contributed by atoms with van der Waals surface area (Å²) in [6, 6.07) is 6.42. The molecule has 2 heteroatoms. The first-order chi connectivity index (χ1) is 7.06. The van der Waals surface area contributed by atoms with E-state index in [4.69, 9.17) is 0 Å². The van der Waals surface area contributed by atoms with E-state index in [0.29, 0.717) is 0 Å². The van der Waals surface area contributed by atoms with Crippen LogP contribution in [0.2, 0.25) is 0 Å². The Bertz CT molecular complexity index is 292. The van der Waals surface area contributed by atoms with Crippen LogP contribution in [0.1, 0.15) is 38.7 Å². The first kappa shape index (κ1) is 12.2. The Hall–Kier alpha value is -0.890. The van der Waals surface area contributed by atoms with Crippen molar-refractivity contribution in [2.75, 3.05) is 0 Å². The molecule has 0 saturated carbocycles. The first-order valence-electron chi connectivity index (χ1n) is 5.49. The third kappa shape index (κ3) is 3.03. The van der Waals surface area contributed by atoms with Crippen LogP contribution < -0.4 is 0 Å². The second-order valence-corrected chi connectivity index (χ2v) is 4.30. The Morgan fingerprint density at radius 1 is 1.20 bits per heavy atom. The van der Waals surface area contributed by atoms with Crippen LogP contribution in [0.3, 0.4) is 0 Å². The van der Waals surface area contributed by atoms with E-state index in [-0.39, 0.29) is 23.8 Å². The summed E-state index contributed by atoms with van der Waals surface area (Å²) in [7, 11) is 0. The Kier molecular flexibility index (Phi) is 4.28. The van der Waals surface area contributed by atoms with Crippen LogP contribution in [0.4, 0.5) is 4.39 Å². The number of aliphatic hydroxyl groups excluding tert-OH is 1. The Morgan fingerprint density at radius 2 is 1.73 bits per heavy atom. The van der Waals surface area contributed by atoms with Crippen molar-refractivity contribution in [1.29, 1.82) is 0 Å². The molecule has 0 amide bonds. The van der Waals surface area contributed by atoms with Crippen LogP contribution in [-0.4, -0.2) is 11.2 Å². The quantitative estimate of drug-likeness (QED) is 0.808. The van der Waals surface area contributed by atoms with E-state index in [2.05, 4.69) is 0 Å². The Morgan fingerprint density at radius 3 is 2.13 bits per heavy atom. The molecule has 0 aliphatic rings. The lowest BCUT2D eigenvalue weighted by molar-refractivity contribution is 0.0943. The number of aliphatic hydroxyl groups is 1. The molecule has 0 aromatic heterocycles. The van der Waals surface area contributed by atoms with Crippen LogP contribution in [0.15, 0.2) is 24.3 Å². The fraction of sp³-hybridized carbons (Fsp3) is 0.538. The zero-order chi connectivity index (χ0) is 11.4. The molecular weight excluding hydrogens is 191 g/mol. The summed E-state index contributed by atoms with van der Waals surface area (Å²) in [5.74, 6) is 0.0956. The number of halogens is 1. The van der Waals surface area contributed by atoms with Crippen molar-refractivity contribution in [3.8, 4) is 0 Å². The van der Waals surface area contributed by atoms with Crippen molar-refractivity contribution in [3.63, 3.8) is 0 Å². The van der Waals surface area contributed by atoms with E-state index in [0.717, 1.165) is 12.0 Å². The van der Waals surface area contributed by atoms with Gasteiger partial charge in [0.15, 0.2) is 0 Å². The third-order valence-electron chi connectivity index (χ3n) is 2.83. The largest absolute Gasteiger partial charge is 0.392 e. The van der Waals surface area contributed by atoms with Gasteiger partial charge < -0.3 is 5.11 Å². The zero-order valence-corrected chi connectivity index (χ0v) is 9.57. The van der Waals surface area contributed by atoms with Gasteiger partial charge in [-0.2, -0.15) is 0 Å². The number of benzene rings is 1. The summed E-state index contributed by atoms with van der Waals surface area (Å²) in [6.07, 6.45) is 0.505. The predicted octanol–water partition coefficient (Wildman–Crippen LogP) is 3.34. The third-order valence-corrected chi connectivity index (χ3v) is 2.83. The van der Waals surface area contributed by atoms with E-state index < -0.39 is 0 Å². The normalized spacial score (nSPS) is 15.3. The van der Waals surface area contributed by atoms with Crippen LogP contribution in [0.5, 0.6) is 0 Å². The molecule has 0 fully saturated rings.